The van der Waals surface area contributed by atoms with Gasteiger partial charge in [-0.1, -0.05) is 92.0 Å². The number of benzene rings is 3. The first-order valence-corrected chi connectivity index (χ1v) is 12.5. The Morgan fingerprint density at radius 2 is 1.15 bits per heavy atom. The van der Waals surface area contributed by atoms with Crippen molar-refractivity contribution in [1.82, 2.24) is 4.98 Å². The molecular formula is C24H27NSi. The molecule has 2 heteroatoms. The zero-order valence-corrected chi connectivity index (χ0v) is 17.1. The molecule has 4 rings (SSSR count). The predicted molar refractivity (Wildman–Crippen MR) is 114 cm³/mol. The van der Waals surface area contributed by atoms with Gasteiger partial charge in [0.15, 0.2) is 0 Å². The normalized spacial score (nSPS) is 14.2. The van der Waals surface area contributed by atoms with Gasteiger partial charge in [-0.15, -0.1) is 0 Å². The van der Waals surface area contributed by atoms with E-state index in [4.69, 9.17) is 0 Å². The summed E-state index contributed by atoms with van der Waals surface area (Å²) in [5.41, 5.74) is 7.56. The highest BCUT2D eigenvalue weighted by Crippen LogP contribution is 2.48. The molecule has 1 aliphatic rings. The van der Waals surface area contributed by atoms with Crippen LogP contribution in [0, 0.1) is 0 Å². The molecule has 0 atom stereocenters. The molecule has 1 aliphatic carbocycles. The minimum atomic E-state index is -1.84. The van der Waals surface area contributed by atoms with E-state index in [-0.39, 0.29) is 5.54 Å². The Balaban J connectivity index is 1.77. The SMILES string of the molecule is CC(C)(N[Si](C)(C)C1c2ccccc2-c2ccccc21)c1ccccc1. The molecule has 0 aliphatic heterocycles. The molecule has 0 fully saturated rings. The second-order valence-corrected chi connectivity index (χ2v) is 12.7. The van der Waals surface area contributed by atoms with Crippen LogP contribution in [0.15, 0.2) is 78.9 Å². The first kappa shape index (κ1) is 17.3. The van der Waals surface area contributed by atoms with Crippen molar-refractivity contribution >= 4 is 8.24 Å². The summed E-state index contributed by atoms with van der Waals surface area (Å²) in [6.45, 7) is 9.57. The summed E-state index contributed by atoms with van der Waals surface area (Å²) in [4.78, 5) is 4.11. The number of nitrogens with one attached hydrogen (secondary N) is 1. The molecule has 1 N–H and O–H groups in total. The van der Waals surface area contributed by atoms with Crippen molar-refractivity contribution in [2.75, 3.05) is 0 Å². The van der Waals surface area contributed by atoms with Crippen molar-refractivity contribution in [1.29, 1.82) is 0 Å². The Kier molecular flexibility index (Phi) is 4.13. The molecule has 132 valence electrons. The molecule has 0 aromatic heterocycles. The highest BCUT2D eigenvalue weighted by Gasteiger charge is 2.43. The van der Waals surface area contributed by atoms with Crippen LogP contribution < -0.4 is 4.98 Å². The van der Waals surface area contributed by atoms with E-state index in [0.29, 0.717) is 5.54 Å². The van der Waals surface area contributed by atoms with Crippen LogP contribution in [-0.2, 0) is 5.54 Å². The van der Waals surface area contributed by atoms with Crippen molar-refractivity contribution in [3.05, 3.63) is 95.6 Å². The van der Waals surface area contributed by atoms with Crippen LogP contribution in [0.4, 0.5) is 0 Å². The summed E-state index contributed by atoms with van der Waals surface area (Å²) in [7, 11) is -1.84. The second kappa shape index (κ2) is 6.22. The first-order valence-electron chi connectivity index (χ1n) is 9.43. The standard InChI is InChI=1S/C24H27NSi/c1-24(2,18-12-6-5-7-13-18)25-26(3,4)23-21-16-10-8-14-19(21)20-15-9-11-17-22(20)23/h5-17,23,25H,1-4H3. The molecule has 1 nitrogen and oxygen atoms in total. The largest absolute Gasteiger partial charge is 0.328 e. The van der Waals surface area contributed by atoms with E-state index >= 15 is 0 Å². The molecule has 3 aromatic carbocycles. The zero-order valence-electron chi connectivity index (χ0n) is 16.1. The molecule has 0 amide bonds. The van der Waals surface area contributed by atoms with E-state index in [1.54, 1.807) is 0 Å². The zero-order chi connectivity index (χ0) is 18.4. The van der Waals surface area contributed by atoms with Gasteiger partial charge in [-0.2, -0.15) is 0 Å². The third kappa shape index (κ3) is 2.83. The van der Waals surface area contributed by atoms with Gasteiger partial charge in [0.05, 0.1) is 0 Å². The molecule has 0 saturated carbocycles. The van der Waals surface area contributed by atoms with Crippen molar-refractivity contribution in [2.45, 2.75) is 38.0 Å². The maximum Gasteiger partial charge on any atom is 0.132 e. The van der Waals surface area contributed by atoms with Gasteiger partial charge in [0, 0.05) is 11.1 Å². The Morgan fingerprint density at radius 1 is 0.692 bits per heavy atom. The number of hydrogen-bond donors (Lipinski definition) is 1. The average molecular weight is 358 g/mol. The van der Waals surface area contributed by atoms with Gasteiger partial charge in [0.1, 0.15) is 8.24 Å². The molecule has 0 bridgehead atoms. The lowest BCUT2D eigenvalue weighted by atomic mass is 9.96. The van der Waals surface area contributed by atoms with Gasteiger partial charge in [0.25, 0.3) is 0 Å². The van der Waals surface area contributed by atoms with E-state index < -0.39 is 8.24 Å². The lowest BCUT2D eigenvalue weighted by molar-refractivity contribution is 0.483. The predicted octanol–water partition coefficient (Wildman–Crippen LogP) is 6.07. The van der Waals surface area contributed by atoms with Crippen molar-refractivity contribution in [2.24, 2.45) is 0 Å². The van der Waals surface area contributed by atoms with Crippen molar-refractivity contribution in [3.63, 3.8) is 0 Å². The molecule has 0 spiro atoms. The number of fused-ring (bicyclic) bond motifs is 3. The smallest absolute Gasteiger partial charge is 0.132 e. The van der Waals surface area contributed by atoms with Crippen LogP contribution in [0.2, 0.25) is 13.1 Å². The first-order chi connectivity index (χ1) is 12.4. The van der Waals surface area contributed by atoms with Crippen LogP contribution in [0.3, 0.4) is 0 Å². The molecule has 0 saturated heterocycles. The summed E-state index contributed by atoms with van der Waals surface area (Å²) in [5, 5.41) is 0. The fourth-order valence-corrected chi connectivity index (χ4v) is 8.70. The maximum atomic E-state index is 4.11. The van der Waals surface area contributed by atoms with Crippen LogP contribution in [0.5, 0.6) is 0 Å². The Labute approximate surface area is 158 Å². The maximum absolute atomic E-state index is 4.11. The van der Waals surface area contributed by atoms with Crippen LogP contribution in [0.1, 0.15) is 36.1 Å². The molecular weight excluding hydrogens is 330 g/mol. The monoisotopic (exact) mass is 357 g/mol. The van der Waals surface area contributed by atoms with E-state index in [0.717, 1.165) is 0 Å². The Morgan fingerprint density at radius 3 is 1.69 bits per heavy atom. The van der Waals surface area contributed by atoms with Gasteiger partial charge in [-0.3, -0.25) is 0 Å². The van der Waals surface area contributed by atoms with Crippen LogP contribution in [-0.4, -0.2) is 8.24 Å². The summed E-state index contributed by atoms with van der Waals surface area (Å²) < 4.78 is 0. The summed E-state index contributed by atoms with van der Waals surface area (Å²) >= 11 is 0. The van der Waals surface area contributed by atoms with Crippen LogP contribution >= 0.6 is 0 Å². The molecule has 3 aromatic rings. The molecule has 0 unspecified atom stereocenters. The van der Waals surface area contributed by atoms with Crippen molar-refractivity contribution < 1.29 is 0 Å². The topological polar surface area (TPSA) is 12.0 Å². The highest BCUT2D eigenvalue weighted by molar-refractivity contribution is 6.77. The van der Waals surface area contributed by atoms with Gasteiger partial charge in [0.2, 0.25) is 0 Å². The summed E-state index contributed by atoms with van der Waals surface area (Å²) in [6, 6.07) is 28.7. The fraction of sp³-hybridized carbons (Fsp3) is 0.250. The molecule has 26 heavy (non-hydrogen) atoms. The fourth-order valence-electron chi connectivity index (χ4n) is 4.74. The average Bonchev–Trinajstić information content (AvgIpc) is 2.97. The minimum Gasteiger partial charge on any atom is -0.328 e. The van der Waals surface area contributed by atoms with Crippen LogP contribution in [0.25, 0.3) is 11.1 Å². The van der Waals surface area contributed by atoms with Gasteiger partial charge >= 0.3 is 0 Å². The minimum absolute atomic E-state index is 0.0521. The van der Waals surface area contributed by atoms with Gasteiger partial charge in [-0.25, -0.2) is 0 Å². The molecule has 0 radical (unpaired) electrons. The summed E-state index contributed by atoms with van der Waals surface area (Å²) in [6.07, 6.45) is 0. The van der Waals surface area contributed by atoms with Gasteiger partial charge in [-0.05, 0) is 41.7 Å². The third-order valence-electron chi connectivity index (χ3n) is 5.69. The Bertz CT molecular complexity index is 882. The van der Waals surface area contributed by atoms with Gasteiger partial charge < -0.3 is 4.98 Å². The Hall–Kier alpha value is -2.16. The molecule has 0 heterocycles. The lowest BCUT2D eigenvalue weighted by Crippen LogP contribution is -2.57. The van der Waals surface area contributed by atoms with Crippen molar-refractivity contribution in [3.8, 4) is 11.1 Å². The number of rotatable bonds is 4. The lowest BCUT2D eigenvalue weighted by Gasteiger charge is -2.40. The van der Waals surface area contributed by atoms with E-state index in [1.165, 1.54) is 27.8 Å². The quantitative estimate of drug-likeness (QED) is 0.559. The van der Waals surface area contributed by atoms with E-state index in [1.807, 2.05) is 0 Å². The highest BCUT2D eigenvalue weighted by atomic mass is 28.3. The van der Waals surface area contributed by atoms with E-state index in [2.05, 4.69) is 111 Å². The number of hydrogen-bond acceptors (Lipinski definition) is 1. The third-order valence-corrected chi connectivity index (χ3v) is 9.02. The van der Waals surface area contributed by atoms with E-state index in [9.17, 15) is 0 Å². The second-order valence-electron chi connectivity index (χ2n) is 8.45. The summed E-state index contributed by atoms with van der Waals surface area (Å²) in [5.74, 6) is 0.